The van der Waals surface area contributed by atoms with E-state index >= 15 is 0 Å². The molecule has 28 heavy (non-hydrogen) atoms. The molecule has 7 heteroatoms. The smallest absolute Gasteiger partial charge is 0.191 e. The van der Waals surface area contributed by atoms with E-state index in [0.29, 0.717) is 0 Å². The standard InChI is InChI=1S/C21H38N6O/c1-3-22-20(23-10-7-11-27-17-19(2)16-25-27)24-18-21(8-5-4-6-9-21)26-12-14-28-15-13-26/h16-17H,3-15,18H2,1-2H3,(H2,22,23,24). The number of hydrogen-bond acceptors (Lipinski definition) is 4. The fraction of sp³-hybridized carbons (Fsp3) is 0.810. The molecule has 2 N–H and O–H groups in total. The van der Waals surface area contributed by atoms with Crippen molar-refractivity contribution in [3.63, 3.8) is 0 Å². The van der Waals surface area contributed by atoms with Crippen LogP contribution in [0.5, 0.6) is 0 Å². The predicted molar refractivity (Wildman–Crippen MR) is 114 cm³/mol. The SMILES string of the molecule is CCNC(=NCC1(N2CCOCC2)CCCCC1)NCCCn1cc(C)cn1. The van der Waals surface area contributed by atoms with E-state index in [-0.39, 0.29) is 5.54 Å². The summed E-state index contributed by atoms with van der Waals surface area (Å²) in [4.78, 5) is 7.68. The number of guanidine groups is 1. The largest absolute Gasteiger partial charge is 0.379 e. The third kappa shape index (κ3) is 5.95. The van der Waals surface area contributed by atoms with E-state index < -0.39 is 0 Å². The van der Waals surface area contributed by atoms with Gasteiger partial charge in [0, 0.05) is 44.5 Å². The summed E-state index contributed by atoms with van der Waals surface area (Å²) in [5.74, 6) is 0.942. The first kappa shape index (κ1) is 21.1. The Kier molecular flexibility index (Phi) is 8.15. The molecule has 0 unspecified atom stereocenters. The van der Waals surface area contributed by atoms with Gasteiger partial charge in [0.25, 0.3) is 0 Å². The van der Waals surface area contributed by atoms with Crippen molar-refractivity contribution in [3.05, 3.63) is 18.0 Å². The van der Waals surface area contributed by atoms with Crippen LogP contribution in [0.25, 0.3) is 0 Å². The topological polar surface area (TPSA) is 66.7 Å². The molecule has 158 valence electrons. The number of ether oxygens (including phenoxy) is 1. The normalized spacial score (nSPS) is 20.9. The second-order valence-corrected chi connectivity index (χ2v) is 8.14. The van der Waals surface area contributed by atoms with Gasteiger partial charge in [-0.25, -0.2) is 0 Å². The van der Waals surface area contributed by atoms with Gasteiger partial charge in [-0.2, -0.15) is 5.10 Å². The zero-order valence-corrected chi connectivity index (χ0v) is 17.8. The first-order chi connectivity index (χ1) is 13.7. The monoisotopic (exact) mass is 390 g/mol. The Morgan fingerprint density at radius 3 is 2.68 bits per heavy atom. The molecule has 0 bridgehead atoms. The van der Waals surface area contributed by atoms with Gasteiger partial charge in [0.05, 0.1) is 26.0 Å². The Bertz CT molecular complexity index is 602. The fourth-order valence-electron chi connectivity index (χ4n) is 4.43. The zero-order chi connectivity index (χ0) is 19.7. The maximum atomic E-state index is 5.59. The van der Waals surface area contributed by atoms with Crippen molar-refractivity contribution in [2.75, 3.05) is 45.9 Å². The van der Waals surface area contributed by atoms with Gasteiger partial charge in [-0.3, -0.25) is 14.6 Å². The molecule has 1 aliphatic heterocycles. The van der Waals surface area contributed by atoms with Crippen LogP contribution in [0.2, 0.25) is 0 Å². The van der Waals surface area contributed by atoms with Gasteiger partial charge in [-0.15, -0.1) is 0 Å². The summed E-state index contributed by atoms with van der Waals surface area (Å²) in [6.07, 6.45) is 11.5. The highest BCUT2D eigenvalue weighted by atomic mass is 16.5. The van der Waals surface area contributed by atoms with E-state index in [1.165, 1.54) is 37.7 Å². The third-order valence-electron chi connectivity index (χ3n) is 5.96. The van der Waals surface area contributed by atoms with E-state index in [1.807, 2.05) is 10.9 Å². The van der Waals surface area contributed by atoms with Crippen molar-refractivity contribution in [1.29, 1.82) is 0 Å². The van der Waals surface area contributed by atoms with Gasteiger partial charge in [0.15, 0.2) is 5.96 Å². The van der Waals surface area contributed by atoms with Crippen LogP contribution in [-0.4, -0.2) is 72.1 Å². The van der Waals surface area contributed by atoms with Crippen molar-refractivity contribution in [2.45, 2.75) is 64.5 Å². The molecule has 2 heterocycles. The first-order valence-electron chi connectivity index (χ1n) is 11.1. The Labute approximate surface area is 169 Å². The maximum absolute atomic E-state index is 5.59. The lowest BCUT2D eigenvalue weighted by atomic mass is 9.80. The quantitative estimate of drug-likeness (QED) is 0.405. The number of aliphatic imine (C=N–C) groups is 1. The van der Waals surface area contributed by atoms with Crippen LogP contribution in [0.4, 0.5) is 0 Å². The van der Waals surface area contributed by atoms with E-state index in [9.17, 15) is 0 Å². The minimum Gasteiger partial charge on any atom is -0.379 e. The number of morpholine rings is 1. The predicted octanol–water partition coefficient (Wildman–Crippen LogP) is 2.17. The number of nitrogens with one attached hydrogen (secondary N) is 2. The Morgan fingerprint density at radius 1 is 1.21 bits per heavy atom. The summed E-state index contributed by atoms with van der Waals surface area (Å²) >= 11 is 0. The second kappa shape index (κ2) is 10.8. The average Bonchev–Trinajstić information content (AvgIpc) is 3.15. The summed E-state index contributed by atoms with van der Waals surface area (Å²) < 4.78 is 7.60. The molecule has 0 atom stereocenters. The molecule has 0 radical (unpaired) electrons. The van der Waals surface area contributed by atoms with Crippen molar-refractivity contribution in [1.82, 2.24) is 25.3 Å². The Hall–Kier alpha value is -1.60. The van der Waals surface area contributed by atoms with Crippen molar-refractivity contribution in [3.8, 4) is 0 Å². The lowest BCUT2D eigenvalue weighted by molar-refractivity contribution is -0.0333. The molecule has 2 fully saturated rings. The Morgan fingerprint density at radius 2 is 2.00 bits per heavy atom. The van der Waals surface area contributed by atoms with Crippen molar-refractivity contribution < 1.29 is 4.74 Å². The van der Waals surface area contributed by atoms with Gasteiger partial charge >= 0.3 is 0 Å². The summed E-state index contributed by atoms with van der Waals surface area (Å²) in [5.41, 5.74) is 1.43. The molecule has 1 aromatic heterocycles. The lowest BCUT2D eigenvalue weighted by Crippen LogP contribution is -2.56. The summed E-state index contributed by atoms with van der Waals surface area (Å²) in [6.45, 7) is 11.6. The number of aromatic nitrogens is 2. The van der Waals surface area contributed by atoms with E-state index in [4.69, 9.17) is 9.73 Å². The number of rotatable bonds is 8. The number of hydrogen-bond donors (Lipinski definition) is 2. The molecular formula is C21H38N6O. The fourth-order valence-corrected chi connectivity index (χ4v) is 4.43. The minimum absolute atomic E-state index is 0.219. The van der Waals surface area contributed by atoms with Crippen LogP contribution in [0, 0.1) is 6.92 Å². The highest BCUT2D eigenvalue weighted by Gasteiger charge is 2.38. The molecular weight excluding hydrogens is 352 g/mol. The molecule has 7 nitrogen and oxygen atoms in total. The van der Waals surface area contributed by atoms with Crippen molar-refractivity contribution >= 4 is 5.96 Å². The molecule has 1 saturated carbocycles. The molecule has 0 amide bonds. The van der Waals surface area contributed by atoms with Crippen molar-refractivity contribution in [2.24, 2.45) is 4.99 Å². The summed E-state index contributed by atoms with van der Waals surface area (Å²) in [6, 6.07) is 0. The van der Waals surface area contributed by atoms with Crippen LogP contribution < -0.4 is 10.6 Å². The molecule has 0 aromatic carbocycles. The average molecular weight is 391 g/mol. The summed E-state index contributed by atoms with van der Waals surface area (Å²) in [5, 5.41) is 11.3. The van der Waals surface area contributed by atoms with Crippen LogP contribution in [0.1, 0.15) is 51.0 Å². The molecule has 1 saturated heterocycles. The molecule has 3 rings (SSSR count). The lowest BCUT2D eigenvalue weighted by Gasteiger charge is -2.47. The van der Waals surface area contributed by atoms with Crippen LogP contribution in [0.3, 0.4) is 0 Å². The van der Waals surface area contributed by atoms with Gasteiger partial charge in [-0.05, 0) is 38.7 Å². The second-order valence-electron chi connectivity index (χ2n) is 8.14. The minimum atomic E-state index is 0.219. The van der Waals surface area contributed by atoms with Gasteiger partial charge in [-0.1, -0.05) is 19.3 Å². The summed E-state index contributed by atoms with van der Waals surface area (Å²) in [7, 11) is 0. The first-order valence-corrected chi connectivity index (χ1v) is 11.1. The van der Waals surface area contributed by atoms with E-state index in [1.54, 1.807) is 0 Å². The van der Waals surface area contributed by atoms with Gasteiger partial charge in [0.2, 0.25) is 0 Å². The molecule has 0 spiro atoms. The highest BCUT2D eigenvalue weighted by Crippen LogP contribution is 2.34. The maximum Gasteiger partial charge on any atom is 0.191 e. The highest BCUT2D eigenvalue weighted by molar-refractivity contribution is 5.79. The van der Waals surface area contributed by atoms with Crippen LogP contribution in [0.15, 0.2) is 17.4 Å². The van der Waals surface area contributed by atoms with E-state index in [0.717, 1.165) is 64.9 Å². The molecule has 1 aromatic rings. The number of nitrogens with zero attached hydrogens (tertiary/aromatic N) is 4. The van der Waals surface area contributed by atoms with Crippen LogP contribution >= 0.6 is 0 Å². The zero-order valence-electron chi connectivity index (χ0n) is 17.8. The number of aryl methyl sites for hydroxylation is 2. The van der Waals surface area contributed by atoms with E-state index in [2.05, 4.69) is 40.7 Å². The van der Waals surface area contributed by atoms with Gasteiger partial charge in [0.1, 0.15) is 0 Å². The van der Waals surface area contributed by atoms with Crippen LogP contribution in [-0.2, 0) is 11.3 Å². The third-order valence-corrected chi connectivity index (χ3v) is 5.96. The Balaban J connectivity index is 1.54. The van der Waals surface area contributed by atoms with Gasteiger partial charge < -0.3 is 15.4 Å². The molecule has 2 aliphatic rings. The molecule has 1 aliphatic carbocycles.